The van der Waals surface area contributed by atoms with Crippen LogP contribution in [0.2, 0.25) is 0 Å². The summed E-state index contributed by atoms with van der Waals surface area (Å²) in [5.41, 5.74) is -0.299. The maximum atomic E-state index is 12.1. The predicted octanol–water partition coefficient (Wildman–Crippen LogP) is -0.895. The highest BCUT2D eigenvalue weighted by molar-refractivity contribution is 5.76. The molecular formula is C13H20N4O3. The highest BCUT2D eigenvalue weighted by Crippen LogP contribution is 2.48. The Morgan fingerprint density at radius 3 is 2.90 bits per heavy atom. The minimum atomic E-state index is -0.299. The third-order valence-corrected chi connectivity index (χ3v) is 4.81. The number of carbonyl (C=O) groups excluding carboxylic acids is 1. The van der Waals surface area contributed by atoms with Crippen molar-refractivity contribution < 1.29 is 9.90 Å². The number of hydrogen-bond donors (Lipinski definition) is 2. The Morgan fingerprint density at radius 1 is 1.50 bits per heavy atom. The molecule has 2 saturated carbocycles. The van der Waals surface area contributed by atoms with Gasteiger partial charge in [-0.3, -0.25) is 9.36 Å². The molecule has 4 atom stereocenters. The molecule has 3 rings (SSSR count). The molecule has 0 spiro atoms. The second-order valence-corrected chi connectivity index (χ2v) is 5.96. The van der Waals surface area contributed by atoms with Gasteiger partial charge in [0.1, 0.15) is 12.9 Å². The van der Waals surface area contributed by atoms with Crippen LogP contribution in [0.4, 0.5) is 0 Å². The first kappa shape index (κ1) is 13.4. The van der Waals surface area contributed by atoms with Gasteiger partial charge in [0.25, 0.3) is 0 Å². The van der Waals surface area contributed by atoms with E-state index in [1.807, 2.05) is 0 Å². The van der Waals surface area contributed by atoms with Gasteiger partial charge in [0.2, 0.25) is 5.91 Å². The number of aliphatic hydroxyl groups is 1. The molecule has 2 aliphatic carbocycles. The van der Waals surface area contributed by atoms with E-state index >= 15 is 0 Å². The summed E-state index contributed by atoms with van der Waals surface area (Å²) in [6.07, 6.45) is 4.76. The Bertz CT molecular complexity index is 564. The van der Waals surface area contributed by atoms with Gasteiger partial charge >= 0.3 is 5.69 Å². The third-order valence-electron chi connectivity index (χ3n) is 4.81. The van der Waals surface area contributed by atoms with Crippen molar-refractivity contribution in [3.63, 3.8) is 0 Å². The van der Waals surface area contributed by atoms with Gasteiger partial charge < -0.3 is 10.4 Å². The first-order valence-corrected chi connectivity index (χ1v) is 7.08. The average Bonchev–Trinajstić information content (AvgIpc) is 3.09. The van der Waals surface area contributed by atoms with Crippen LogP contribution in [0.5, 0.6) is 0 Å². The molecule has 2 bridgehead atoms. The van der Waals surface area contributed by atoms with E-state index in [0.29, 0.717) is 11.8 Å². The molecule has 110 valence electrons. The Kier molecular flexibility index (Phi) is 3.37. The van der Waals surface area contributed by atoms with Gasteiger partial charge in [-0.2, -0.15) is 5.10 Å². The fourth-order valence-corrected chi connectivity index (χ4v) is 3.79. The number of aryl methyl sites for hydroxylation is 1. The van der Waals surface area contributed by atoms with E-state index in [1.165, 1.54) is 10.9 Å². The lowest BCUT2D eigenvalue weighted by molar-refractivity contribution is -0.123. The summed E-state index contributed by atoms with van der Waals surface area (Å²) < 4.78 is 2.48. The molecule has 1 aromatic rings. The summed E-state index contributed by atoms with van der Waals surface area (Å²) >= 11 is 0. The number of aliphatic hydroxyl groups excluding tert-OH is 1. The van der Waals surface area contributed by atoms with Crippen molar-refractivity contribution in [1.29, 1.82) is 0 Å². The van der Waals surface area contributed by atoms with Crippen molar-refractivity contribution in [3.8, 4) is 0 Å². The fourth-order valence-electron chi connectivity index (χ4n) is 3.79. The molecule has 2 fully saturated rings. The summed E-state index contributed by atoms with van der Waals surface area (Å²) in [6, 6.07) is 0.0469. The van der Waals surface area contributed by atoms with E-state index in [9.17, 15) is 14.7 Å². The van der Waals surface area contributed by atoms with Crippen LogP contribution in [-0.4, -0.2) is 38.0 Å². The zero-order valence-electron chi connectivity index (χ0n) is 11.5. The highest BCUT2D eigenvalue weighted by atomic mass is 16.3. The molecule has 0 radical (unpaired) electrons. The summed E-state index contributed by atoms with van der Waals surface area (Å²) in [5, 5.41) is 16.3. The van der Waals surface area contributed by atoms with Gasteiger partial charge in [-0.05, 0) is 31.1 Å². The number of rotatable bonds is 4. The molecule has 1 heterocycles. The van der Waals surface area contributed by atoms with Crippen LogP contribution in [-0.2, 0) is 18.4 Å². The molecule has 20 heavy (non-hydrogen) atoms. The van der Waals surface area contributed by atoms with E-state index in [2.05, 4.69) is 10.4 Å². The number of nitrogens with one attached hydrogen (secondary N) is 1. The normalized spacial score (nSPS) is 31.7. The topological polar surface area (TPSA) is 89.2 Å². The maximum Gasteiger partial charge on any atom is 0.345 e. The zero-order valence-corrected chi connectivity index (χ0v) is 11.5. The molecule has 0 aromatic carbocycles. The Labute approximate surface area is 116 Å². The lowest BCUT2D eigenvalue weighted by atomic mass is 9.85. The summed E-state index contributed by atoms with van der Waals surface area (Å²) in [5.74, 6) is 0.967. The smallest absolute Gasteiger partial charge is 0.345 e. The Hall–Kier alpha value is -1.63. The first-order chi connectivity index (χ1) is 9.60. The second-order valence-electron chi connectivity index (χ2n) is 5.96. The van der Waals surface area contributed by atoms with Crippen molar-refractivity contribution >= 4 is 5.91 Å². The minimum Gasteiger partial charge on any atom is -0.396 e. The lowest BCUT2D eigenvalue weighted by Crippen LogP contribution is -2.47. The number of aromatic nitrogens is 3. The summed E-state index contributed by atoms with van der Waals surface area (Å²) in [4.78, 5) is 23.7. The van der Waals surface area contributed by atoms with Crippen molar-refractivity contribution in [2.45, 2.75) is 31.8 Å². The molecule has 0 saturated heterocycles. The molecule has 2 aliphatic rings. The molecule has 1 amide bonds. The molecule has 7 nitrogen and oxygen atoms in total. The number of nitrogens with zero attached hydrogens (tertiary/aromatic N) is 3. The van der Waals surface area contributed by atoms with Gasteiger partial charge in [-0.1, -0.05) is 0 Å². The van der Waals surface area contributed by atoms with Crippen LogP contribution in [0, 0.1) is 17.8 Å². The minimum absolute atomic E-state index is 0.0469. The van der Waals surface area contributed by atoms with Crippen molar-refractivity contribution in [2.75, 3.05) is 6.61 Å². The van der Waals surface area contributed by atoms with E-state index in [-0.39, 0.29) is 36.7 Å². The summed E-state index contributed by atoms with van der Waals surface area (Å²) in [7, 11) is 1.60. The lowest BCUT2D eigenvalue weighted by Gasteiger charge is -2.30. The molecule has 2 N–H and O–H groups in total. The average molecular weight is 280 g/mol. The van der Waals surface area contributed by atoms with Crippen molar-refractivity contribution in [2.24, 2.45) is 24.8 Å². The third kappa shape index (κ3) is 2.15. The SMILES string of the molecule is Cn1cnn(CC(=O)NC2C3CCC(C3)C2CO)c1=O. The largest absolute Gasteiger partial charge is 0.396 e. The monoisotopic (exact) mass is 280 g/mol. The molecule has 7 heteroatoms. The Morgan fingerprint density at radius 2 is 2.25 bits per heavy atom. The van der Waals surface area contributed by atoms with Crippen LogP contribution >= 0.6 is 0 Å². The zero-order chi connectivity index (χ0) is 14.3. The fraction of sp³-hybridized carbons (Fsp3) is 0.769. The maximum absolute atomic E-state index is 12.1. The number of hydrogen-bond acceptors (Lipinski definition) is 4. The van der Waals surface area contributed by atoms with E-state index < -0.39 is 0 Å². The van der Waals surface area contributed by atoms with Gasteiger partial charge in [0, 0.05) is 25.6 Å². The first-order valence-electron chi connectivity index (χ1n) is 7.08. The van der Waals surface area contributed by atoms with Crippen LogP contribution in [0.1, 0.15) is 19.3 Å². The van der Waals surface area contributed by atoms with Crippen LogP contribution in [0.25, 0.3) is 0 Å². The van der Waals surface area contributed by atoms with Gasteiger partial charge in [0.05, 0.1) is 0 Å². The van der Waals surface area contributed by atoms with Crippen LogP contribution in [0.3, 0.4) is 0 Å². The summed E-state index contributed by atoms with van der Waals surface area (Å²) in [6.45, 7) is 0.0569. The van der Waals surface area contributed by atoms with Crippen LogP contribution < -0.4 is 11.0 Å². The highest BCUT2D eigenvalue weighted by Gasteiger charge is 2.47. The van der Waals surface area contributed by atoms with Crippen molar-refractivity contribution in [3.05, 3.63) is 16.8 Å². The van der Waals surface area contributed by atoms with Crippen LogP contribution in [0.15, 0.2) is 11.1 Å². The van der Waals surface area contributed by atoms with Gasteiger partial charge in [-0.15, -0.1) is 0 Å². The van der Waals surface area contributed by atoms with E-state index in [0.717, 1.165) is 23.9 Å². The Balaban J connectivity index is 1.64. The van der Waals surface area contributed by atoms with Crippen molar-refractivity contribution in [1.82, 2.24) is 19.7 Å². The molecule has 4 unspecified atom stereocenters. The number of amides is 1. The molecule has 0 aliphatic heterocycles. The van der Waals surface area contributed by atoms with E-state index in [1.54, 1.807) is 7.05 Å². The predicted molar refractivity (Wildman–Crippen MR) is 70.8 cm³/mol. The molecule has 1 aromatic heterocycles. The second kappa shape index (κ2) is 5.05. The quantitative estimate of drug-likeness (QED) is 0.748. The standard InChI is InChI=1S/C13H20N4O3/c1-16-7-14-17(13(16)20)5-11(19)15-12-9-3-2-8(4-9)10(12)6-18/h7-10,12,18H,2-6H2,1H3,(H,15,19). The number of fused-ring (bicyclic) bond motifs is 2. The number of carbonyl (C=O) groups is 1. The van der Waals surface area contributed by atoms with E-state index in [4.69, 9.17) is 0 Å². The van der Waals surface area contributed by atoms with Gasteiger partial charge in [0.15, 0.2) is 0 Å². The van der Waals surface area contributed by atoms with Gasteiger partial charge in [-0.25, -0.2) is 9.48 Å². The molecular weight excluding hydrogens is 260 g/mol.